The number of aromatic amines is 1. The smallest absolute Gasteiger partial charge is 0.387 e. The van der Waals surface area contributed by atoms with Crippen LogP contribution in [0.1, 0.15) is 21.6 Å². The van der Waals surface area contributed by atoms with Gasteiger partial charge in [0.15, 0.2) is 0 Å². The summed E-state index contributed by atoms with van der Waals surface area (Å²) in [5.41, 5.74) is 3.23. The lowest BCUT2D eigenvalue weighted by molar-refractivity contribution is -0.0498. The minimum atomic E-state index is -2.91. The molecule has 3 aromatic rings. The topological polar surface area (TPSA) is 87.2 Å². The van der Waals surface area contributed by atoms with E-state index in [0.29, 0.717) is 22.5 Å². The number of nitrogens with zero attached hydrogens (tertiary/aromatic N) is 1. The largest absolute Gasteiger partial charge is 0.507 e. The minimum Gasteiger partial charge on any atom is -0.507 e. The predicted octanol–water partition coefficient (Wildman–Crippen LogP) is 4.25. The van der Waals surface area contributed by atoms with Gasteiger partial charge < -0.3 is 15.2 Å². The molecule has 8 heteroatoms. The minimum absolute atomic E-state index is 0.00267. The van der Waals surface area contributed by atoms with Gasteiger partial charge in [-0.2, -0.15) is 13.9 Å². The Kier molecular flexibility index (Phi) is 5.07. The number of halogens is 2. The highest BCUT2D eigenvalue weighted by atomic mass is 19.3. The fourth-order valence-electron chi connectivity index (χ4n) is 2.65. The van der Waals surface area contributed by atoms with Crippen LogP contribution in [0.25, 0.3) is 11.3 Å². The Morgan fingerprint density at radius 2 is 1.89 bits per heavy atom. The fraction of sp³-hybridized carbons (Fsp3) is 0.158. The molecule has 6 nitrogen and oxygen atoms in total. The van der Waals surface area contributed by atoms with Gasteiger partial charge in [-0.1, -0.05) is 6.07 Å². The molecular weight excluding hydrogens is 356 g/mol. The quantitative estimate of drug-likeness (QED) is 0.624. The summed E-state index contributed by atoms with van der Waals surface area (Å²) in [6.07, 6.45) is 0. The molecule has 1 amide bonds. The van der Waals surface area contributed by atoms with Gasteiger partial charge in [0.2, 0.25) is 0 Å². The van der Waals surface area contributed by atoms with Crippen LogP contribution in [0, 0.1) is 13.8 Å². The van der Waals surface area contributed by atoms with Gasteiger partial charge in [0.05, 0.1) is 5.69 Å². The summed E-state index contributed by atoms with van der Waals surface area (Å²) < 4.78 is 28.6. The molecule has 27 heavy (non-hydrogen) atoms. The molecule has 0 aliphatic rings. The van der Waals surface area contributed by atoms with Gasteiger partial charge in [-0.3, -0.25) is 9.89 Å². The number of amides is 1. The highest BCUT2D eigenvalue weighted by Gasteiger charge is 2.15. The van der Waals surface area contributed by atoms with Crippen LogP contribution >= 0.6 is 0 Å². The SMILES string of the molecule is Cc1cc(C)c(O)c(-c2cc(C(=O)Nc3ccc(OC(F)F)cc3)[nH]n2)c1. The van der Waals surface area contributed by atoms with E-state index in [1.807, 2.05) is 13.0 Å². The molecule has 1 aromatic heterocycles. The number of aromatic nitrogens is 2. The normalized spacial score (nSPS) is 10.9. The Balaban J connectivity index is 1.76. The Morgan fingerprint density at radius 1 is 1.19 bits per heavy atom. The highest BCUT2D eigenvalue weighted by Crippen LogP contribution is 2.32. The lowest BCUT2D eigenvalue weighted by Crippen LogP contribution is -2.12. The number of ether oxygens (including phenoxy) is 1. The number of rotatable bonds is 5. The van der Waals surface area contributed by atoms with Crippen molar-refractivity contribution in [3.63, 3.8) is 0 Å². The van der Waals surface area contributed by atoms with Crippen LogP contribution in [0.2, 0.25) is 0 Å². The van der Waals surface area contributed by atoms with E-state index >= 15 is 0 Å². The summed E-state index contributed by atoms with van der Waals surface area (Å²) in [5.74, 6) is -0.356. The van der Waals surface area contributed by atoms with Gasteiger partial charge in [-0.25, -0.2) is 0 Å². The number of carbonyl (C=O) groups is 1. The number of alkyl halides is 2. The second-order valence-corrected chi connectivity index (χ2v) is 6.00. The number of hydrogen-bond acceptors (Lipinski definition) is 4. The van der Waals surface area contributed by atoms with Crippen molar-refractivity contribution >= 4 is 11.6 Å². The first-order valence-corrected chi connectivity index (χ1v) is 8.05. The van der Waals surface area contributed by atoms with Crippen molar-refractivity contribution in [3.05, 3.63) is 59.3 Å². The van der Waals surface area contributed by atoms with E-state index in [9.17, 15) is 18.7 Å². The zero-order chi connectivity index (χ0) is 19.6. The van der Waals surface area contributed by atoms with Crippen molar-refractivity contribution in [1.82, 2.24) is 10.2 Å². The monoisotopic (exact) mass is 373 g/mol. The lowest BCUT2D eigenvalue weighted by atomic mass is 10.0. The zero-order valence-electron chi connectivity index (χ0n) is 14.6. The molecule has 0 saturated carbocycles. The predicted molar refractivity (Wildman–Crippen MR) is 96.2 cm³/mol. The maximum absolute atomic E-state index is 12.3. The molecule has 0 aliphatic heterocycles. The first kappa shape index (κ1) is 18.4. The Hall–Kier alpha value is -3.42. The molecule has 3 N–H and O–H groups in total. The van der Waals surface area contributed by atoms with Crippen LogP contribution in [-0.2, 0) is 0 Å². The lowest BCUT2D eigenvalue weighted by Gasteiger charge is -2.07. The van der Waals surface area contributed by atoms with E-state index in [0.717, 1.165) is 5.56 Å². The summed E-state index contributed by atoms with van der Waals surface area (Å²) in [7, 11) is 0. The Morgan fingerprint density at radius 3 is 2.56 bits per heavy atom. The maximum atomic E-state index is 12.3. The van der Waals surface area contributed by atoms with E-state index < -0.39 is 12.5 Å². The van der Waals surface area contributed by atoms with Gasteiger partial charge in [0, 0.05) is 11.3 Å². The van der Waals surface area contributed by atoms with Gasteiger partial charge in [-0.05, 0) is 61.4 Å². The molecule has 0 fully saturated rings. The molecule has 0 spiro atoms. The molecule has 0 atom stereocenters. The third-order valence-corrected chi connectivity index (χ3v) is 3.88. The van der Waals surface area contributed by atoms with Crippen molar-refractivity contribution in [2.24, 2.45) is 0 Å². The van der Waals surface area contributed by atoms with Crippen LogP contribution in [0.15, 0.2) is 42.5 Å². The molecule has 1 heterocycles. The third kappa shape index (κ3) is 4.22. The highest BCUT2D eigenvalue weighted by molar-refractivity contribution is 6.03. The number of nitrogens with one attached hydrogen (secondary N) is 2. The number of phenolic OH excluding ortho intramolecular Hbond substituents is 1. The number of anilines is 1. The van der Waals surface area contributed by atoms with E-state index in [4.69, 9.17) is 0 Å². The number of benzene rings is 2. The number of hydrogen-bond donors (Lipinski definition) is 3. The molecule has 3 rings (SSSR count). The van der Waals surface area contributed by atoms with Crippen molar-refractivity contribution in [1.29, 1.82) is 0 Å². The molecule has 0 radical (unpaired) electrons. The van der Waals surface area contributed by atoms with Crippen LogP contribution in [0.4, 0.5) is 14.5 Å². The average molecular weight is 373 g/mol. The summed E-state index contributed by atoms with van der Waals surface area (Å²) in [6.45, 7) is 0.779. The van der Waals surface area contributed by atoms with E-state index in [2.05, 4.69) is 20.3 Å². The van der Waals surface area contributed by atoms with Crippen LogP contribution in [-0.4, -0.2) is 27.8 Å². The second kappa shape index (κ2) is 7.45. The number of aryl methyl sites for hydroxylation is 2. The molecule has 2 aromatic carbocycles. The summed E-state index contributed by atoms with van der Waals surface area (Å²) in [4.78, 5) is 12.3. The second-order valence-electron chi connectivity index (χ2n) is 6.00. The van der Waals surface area contributed by atoms with Gasteiger partial charge in [0.25, 0.3) is 5.91 Å². The van der Waals surface area contributed by atoms with Crippen LogP contribution in [0.5, 0.6) is 11.5 Å². The molecule has 0 bridgehead atoms. The van der Waals surface area contributed by atoms with Crippen molar-refractivity contribution in [2.75, 3.05) is 5.32 Å². The van der Waals surface area contributed by atoms with Crippen LogP contribution in [0.3, 0.4) is 0 Å². The molecule has 0 saturated heterocycles. The summed E-state index contributed by atoms with van der Waals surface area (Å²) in [5, 5.41) is 19.6. The Bertz CT molecular complexity index is 969. The van der Waals surface area contributed by atoms with Crippen molar-refractivity contribution in [3.8, 4) is 22.8 Å². The Labute approximate surface area is 153 Å². The van der Waals surface area contributed by atoms with E-state index in [1.54, 1.807) is 13.0 Å². The standard InChI is InChI=1S/C19H17F2N3O3/c1-10-7-11(2)17(25)14(8-10)15-9-16(24-23-15)18(26)22-12-3-5-13(6-4-12)27-19(20)21/h3-9,19,25H,1-2H3,(H,22,26)(H,23,24). The summed E-state index contributed by atoms with van der Waals surface area (Å²) >= 11 is 0. The molecule has 140 valence electrons. The van der Waals surface area contributed by atoms with E-state index in [-0.39, 0.29) is 17.2 Å². The first-order chi connectivity index (χ1) is 12.8. The molecule has 0 unspecified atom stereocenters. The number of carbonyl (C=O) groups excluding carboxylic acids is 1. The third-order valence-electron chi connectivity index (χ3n) is 3.88. The number of aromatic hydroxyl groups is 1. The fourth-order valence-corrected chi connectivity index (χ4v) is 2.65. The van der Waals surface area contributed by atoms with E-state index in [1.165, 1.54) is 30.3 Å². The zero-order valence-corrected chi connectivity index (χ0v) is 14.6. The van der Waals surface area contributed by atoms with Gasteiger partial charge >= 0.3 is 6.61 Å². The first-order valence-electron chi connectivity index (χ1n) is 8.05. The number of phenols is 1. The molecular formula is C19H17F2N3O3. The van der Waals surface area contributed by atoms with Crippen LogP contribution < -0.4 is 10.1 Å². The van der Waals surface area contributed by atoms with Gasteiger partial charge in [0.1, 0.15) is 17.2 Å². The van der Waals surface area contributed by atoms with Gasteiger partial charge in [-0.15, -0.1) is 0 Å². The molecule has 0 aliphatic carbocycles. The number of H-pyrrole nitrogens is 1. The van der Waals surface area contributed by atoms with Crippen molar-refractivity contribution < 1.29 is 23.4 Å². The van der Waals surface area contributed by atoms with Crippen molar-refractivity contribution in [2.45, 2.75) is 20.5 Å². The maximum Gasteiger partial charge on any atom is 0.387 e. The average Bonchev–Trinajstić information content (AvgIpc) is 3.09. The summed E-state index contributed by atoms with van der Waals surface area (Å²) in [6, 6.07) is 10.7.